The van der Waals surface area contributed by atoms with E-state index in [0.29, 0.717) is 17.5 Å². The second-order valence-electron chi connectivity index (χ2n) is 5.64. The van der Waals surface area contributed by atoms with Gasteiger partial charge >= 0.3 is 0 Å². The van der Waals surface area contributed by atoms with Gasteiger partial charge in [-0.3, -0.25) is 9.59 Å². The molecule has 2 aromatic carbocycles. The number of hydrazone groups is 1. The summed E-state index contributed by atoms with van der Waals surface area (Å²) in [5.41, 5.74) is 4.02. The van der Waals surface area contributed by atoms with Crippen LogP contribution in [0.1, 0.15) is 28.4 Å². The molecule has 2 rings (SSSR count). The van der Waals surface area contributed by atoms with Crippen LogP contribution in [0, 0.1) is 0 Å². The molecule has 0 aliphatic rings. The zero-order valence-electron chi connectivity index (χ0n) is 14.5. The first-order valence-electron chi connectivity index (χ1n) is 8.13. The average molecular weight is 351 g/mol. The summed E-state index contributed by atoms with van der Waals surface area (Å²) in [6.07, 6.45) is 3.57. The van der Waals surface area contributed by atoms with Crippen molar-refractivity contribution in [2.75, 3.05) is 0 Å². The fraction of sp³-hybridized carbons (Fsp3) is 0.150. The Morgan fingerprint density at radius 3 is 2.62 bits per heavy atom. The van der Waals surface area contributed by atoms with Crippen LogP contribution in [0.15, 0.2) is 66.3 Å². The van der Waals surface area contributed by atoms with E-state index >= 15 is 0 Å². The summed E-state index contributed by atoms with van der Waals surface area (Å²) in [5.74, 6) is -0.713. The standard InChI is InChI=1S/C20H21N3O3/c1-3-8-15-11-7-12-17(18(15)24)13-21-23-19(25)14(2)22-20(26)16-9-5-4-6-10-16/h3-7,9-14,24H,1,8H2,2H3,(H,22,26)(H,23,25)/b21-13+. The monoisotopic (exact) mass is 351 g/mol. The smallest absolute Gasteiger partial charge is 0.262 e. The summed E-state index contributed by atoms with van der Waals surface area (Å²) < 4.78 is 0. The molecule has 134 valence electrons. The van der Waals surface area contributed by atoms with E-state index in [1.54, 1.807) is 61.5 Å². The number of phenols is 1. The fourth-order valence-corrected chi connectivity index (χ4v) is 2.23. The summed E-state index contributed by atoms with van der Waals surface area (Å²) in [4.78, 5) is 24.1. The van der Waals surface area contributed by atoms with Gasteiger partial charge in [-0.05, 0) is 37.1 Å². The van der Waals surface area contributed by atoms with Gasteiger partial charge in [0.05, 0.1) is 6.21 Å². The number of rotatable bonds is 7. The Hall–Kier alpha value is -3.41. The van der Waals surface area contributed by atoms with Crippen LogP contribution >= 0.6 is 0 Å². The van der Waals surface area contributed by atoms with Gasteiger partial charge in [0, 0.05) is 11.1 Å². The van der Waals surface area contributed by atoms with Crippen molar-refractivity contribution in [2.24, 2.45) is 5.10 Å². The first-order valence-corrected chi connectivity index (χ1v) is 8.13. The number of carbonyl (C=O) groups excluding carboxylic acids is 2. The van der Waals surface area contributed by atoms with Crippen molar-refractivity contribution in [3.8, 4) is 5.75 Å². The maximum absolute atomic E-state index is 12.0. The van der Waals surface area contributed by atoms with E-state index in [0.717, 1.165) is 5.56 Å². The van der Waals surface area contributed by atoms with Crippen molar-refractivity contribution < 1.29 is 14.7 Å². The summed E-state index contributed by atoms with van der Waals surface area (Å²) in [7, 11) is 0. The quantitative estimate of drug-likeness (QED) is 0.406. The number of hydrogen-bond acceptors (Lipinski definition) is 4. The summed E-state index contributed by atoms with van der Waals surface area (Å²) >= 11 is 0. The average Bonchev–Trinajstić information content (AvgIpc) is 2.65. The van der Waals surface area contributed by atoms with Gasteiger partial charge in [-0.25, -0.2) is 5.43 Å². The lowest BCUT2D eigenvalue weighted by Crippen LogP contribution is -2.43. The van der Waals surface area contributed by atoms with E-state index in [4.69, 9.17) is 0 Å². The fourth-order valence-electron chi connectivity index (χ4n) is 2.23. The van der Waals surface area contributed by atoms with Gasteiger partial charge in [0.15, 0.2) is 0 Å². The number of allylic oxidation sites excluding steroid dienone is 1. The van der Waals surface area contributed by atoms with Crippen LogP contribution in [0.2, 0.25) is 0 Å². The highest BCUT2D eigenvalue weighted by Crippen LogP contribution is 2.21. The number of nitrogens with one attached hydrogen (secondary N) is 2. The predicted octanol–water partition coefficient (Wildman–Crippen LogP) is 2.39. The Labute approximate surface area is 152 Å². The van der Waals surface area contributed by atoms with Crippen molar-refractivity contribution in [1.29, 1.82) is 0 Å². The maximum Gasteiger partial charge on any atom is 0.262 e. The highest BCUT2D eigenvalue weighted by molar-refractivity contribution is 5.97. The van der Waals surface area contributed by atoms with E-state index in [9.17, 15) is 14.7 Å². The Morgan fingerprint density at radius 1 is 1.19 bits per heavy atom. The number of carbonyl (C=O) groups is 2. The van der Waals surface area contributed by atoms with Crippen LogP contribution in [0.25, 0.3) is 0 Å². The summed E-state index contributed by atoms with van der Waals surface area (Å²) in [6.45, 7) is 5.20. The molecule has 0 aliphatic heterocycles. The Kier molecular flexibility index (Phi) is 6.68. The van der Waals surface area contributed by atoms with Crippen molar-refractivity contribution in [3.05, 3.63) is 77.9 Å². The molecule has 3 N–H and O–H groups in total. The second kappa shape index (κ2) is 9.17. The molecule has 0 heterocycles. The van der Waals surface area contributed by atoms with Crippen molar-refractivity contribution >= 4 is 18.0 Å². The Morgan fingerprint density at radius 2 is 1.92 bits per heavy atom. The van der Waals surface area contributed by atoms with Crippen molar-refractivity contribution in [3.63, 3.8) is 0 Å². The predicted molar refractivity (Wildman–Crippen MR) is 101 cm³/mol. The van der Waals surface area contributed by atoms with Crippen molar-refractivity contribution in [1.82, 2.24) is 10.7 Å². The molecule has 0 fully saturated rings. The number of hydrogen-bond donors (Lipinski definition) is 3. The third-order valence-electron chi connectivity index (χ3n) is 3.67. The number of phenolic OH excluding ortho intramolecular Hbond substituents is 1. The molecule has 0 radical (unpaired) electrons. The van der Waals surface area contributed by atoms with E-state index in [1.165, 1.54) is 6.21 Å². The number of nitrogens with zero attached hydrogens (tertiary/aromatic N) is 1. The number of amides is 2. The SMILES string of the molecule is C=CCc1cccc(/C=N/NC(=O)C(C)NC(=O)c2ccccc2)c1O. The molecule has 26 heavy (non-hydrogen) atoms. The highest BCUT2D eigenvalue weighted by atomic mass is 16.3. The van der Waals surface area contributed by atoms with Gasteiger partial charge in [-0.2, -0.15) is 5.10 Å². The first-order chi connectivity index (χ1) is 12.5. The van der Waals surface area contributed by atoms with Gasteiger partial charge in [0.1, 0.15) is 11.8 Å². The second-order valence-corrected chi connectivity index (χ2v) is 5.64. The molecule has 0 aliphatic carbocycles. The minimum Gasteiger partial charge on any atom is -0.507 e. The zero-order valence-corrected chi connectivity index (χ0v) is 14.5. The van der Waals surface area contributed by atoms with Crippen LogP contribution in [0.3, 0.4) is 0 Å². The highest BCUT2D eigenvalue weighted by Gasteiger charge is 2.15. The lowest BCUT2D eigenvalue weighted by Gasteiger charge is -2.12. The largest absolute Gasteiger partial charge is 0.507 e. The van der Waals surface area contributed by atoms with Gasteiger partial charge in [0.2, 0.25) is 0 Å². The minimum absolute atomic E-state index is 0.0934. The van der Waals surface area contributed by atoms with Crippen LogP contribution < -0.4 is 10.7 Å². The van der Waals surface area contributed by atoms with Crippen LogP contribution in [0.4, 0.5) is 0 Å². The Balaban J connectivity index is 1.93. The molecule has 6 nitrogen and oxygen atoms in total. The molecule has 0 spiro atoms. The van der Waals surface area contributed by atoms with E-state index in [-0.39, 0.29) is 11.7 Å². The molecule has 0 saturated heterocycles. The molecule has 0 saturated carbocycles. The number of para-hydroxylation sites is 1. The van der Waals surface area contributed by atoms with Crippen LogP contribution in [-0.4, -0.2) is 29.2 Å². The molecule has 2 amide bonds. The van der Waals surface area contributed by atoms with Crippen molar-refractivity contribution in [2.45, 2.75) is 19.4 Å². The molecular weight excluding hydrogens is 330 g/mol. The third-order valence-corrected chi connectivity index (χ3v) is 3.67. The van der Waals surface area contributed by atoms with Gasteiger partial charge < -0.3 is 10.4 Å². The Bertz CT molecular complexity index is 816. The molecule has 1 atom stereocenters. The zero-order chi connectivity index (χ0) is 18.9. The first kappa shape index (κ1) is 18.9. The number of aromatic hydroxyl groups is 1. The summed E-state index contributed by atoms with van der Waals surface area (Å²) in [5, 5.41) is 16.6. The van der Waals surface area contributed by atoms with Crippen LogP contribution in [-0.2, 0) is 11.2 Å². The molecule has 0 bridgehead atoms. The lowest BCUT2D eigenvalue weighted by molar-refractivity contribution is -0.122. The molecule has 1 unspecified atom stereocenters. The van der Waals surface area contributed by atoms with Gasteiger partial charge in [0.25, 0.3) is 11.8 Å². The van der Waals surface area contributed by atoms with E-state index < -0.39 is 11.9 Å². The third kappa shape index (κ3) is 5.04. The van der Waals surface area contributed by atoms with Gasteiger partial charge in [-0.1, -0.05) is 36.4 Å². The van der Waals surface area contributed by atoms with Gasteiger partial charge in [-0.15, -0.1) is 6.58 Å². The lowest BCUT2D eigenvalue weighted by atomic mass is 10.1. The summed E-state index contributed by atoms with van der Waals surface area (Å²) in [6, 6.07) is 13.1. The van der Waals surface area contributed by atoms with E-state index in [1.807, 2.05) is 0 Å². The maximum atomic E-state index is 12.0. The molecular formula is C20H21N3O3. The van der Waals surface area contributed by atoms with E-state index in [2.05, 4.69) is 22.4 Å². The number of benzene rings is 2. The molecule has 0 aromatic heterocycles. The normalized spacial score (nSPS) is 11.7. The molecule has 6 heteroatoms. The molecule has 2 aromatic rings. The topological polar surface area (TPSA) is 90.8 Å². The van der Waals surface area contributed by atoms with Crippen LogP contribution in [0.5, 0.6) is 5.75 Å². The minimum atomic E-state index is -0.763.